The number of carbonyl (C=O) groups excluding carboxylic acids is 1. The Morgan fingerprint density at radius 1 is 1.23 bits per heavy atom. The number of hydrogen-bond donors (Lipinski definition) is 1. The summed E-state index contributed by atoms with van der Waals surface area (Å²) in [5, 5.41) is 0. The molecule has 0 aliphatic heterocycles. The molecule has 2 aromatic rings. The molecular formula is C13H10F2N2O4S. The molecule has 9 heteroatoms. The van der Waals surface area contributed by atoms with E-state index in [1.807, 2.05) is 4.72 Å². The van der Waals surface area contributed by atoms with Gasteiger partial charge in [-0.05, 0) is 24.3 Å². The highest BCUT2D eigenvalue weighted by molar-refractivity contribution is 7.92. The van der Waals surface area contributed by atoms with Crippen LogP contribution in [0.3, 0.4) is 0 Å². The number of aromatic nitrogens is 1. The maximum absolute atomic E-state index is 13.6. The van der Waals surface area contributed by atoms with Gasteiger partial charge in [-0.15, -0.1) is 0 Å². The van der Waals surface area contributed by atoms with E-state index in [1.165, 1.54) is 6.20 Å². The molecule has 0 unspecified atom stereocenters. The quantitative estimate of drug-likeness (QED) is 0.867. The van der Waals surface area contributed by atoms with E-state index in [1.54, 1.807) is 0 Å². The van der Waals surface area contributed by atoms with Gasteiger partial charge in [0.25, 0.3) is 10.0 Å². The molecule has 6 nitrogen and oxygen atoms in total. The monoisotopic (exact) mass is 328 g/mol. The average molecular weight is 328 g/mol. The van der Waals surface area contributed by atoms with Gasteiger partial charge in [0, 0.05) is 6.20 Å². The molecule has 2 rings (SSSR count). The number of rotatable bonds is 4. The van der Waals surface area contributed by atoms with Crippen molar-refractivity contribution < 1.29 is 26.7 Å². The molecule has 0 aliphatic rings. The first kappa shape index (κ1) is 15.8. The SMILES string of the molecule is COC(=O)c1cncc(NS(=O)(=O)c2cc(F)ccc2F)c1. The summed E-state index contributed by atoms with van der Waals surface area (Å²) in [7, 11) is -3.22. The van der Waals surface area contributed by atoms with E-state index in [9.17, 15) is 22.0 Å². The number of ether oxygens (including phenoxy) is 1. The van der Waals surface area contributed by atoms with E-state index < -0.39 is 32.5 Å². The second-order valence-electron chi connectivity index (χ2n) is 4.13. The summed E-state index contributed by atoms with van der Waals surface area (Å²) >= 11 is 0. The van der Waals surface area contributed by atoms with E-state index in [0.29, 0.717) is 12.1 Å². The molecule has 22 heavy (non-hydrogen) atoms. The van der Waals surface area contributed by atoms with E-state index in [4.69, 9.17) is 0 Å². The third-order valence-corrected chi connectivity index (χ3v) is 3.99. The molecule has 0 radical (unpaired) electrons. The molecule has 0 aliphatic carbocycles. The lowest BCUT2D eigenvalue weighted by Gasteiger charge is -2.09. The van der Waals surface area contributed by atoms with Crippen LogP contribution in [0.1, 0.15) is 10.4 Å². The van der Waals surface area contributed by atoms with Gasteiger partial charge in [-0.2, -0.15) is 0 Å². The second kappa shape index (κ2) is 6.06. The van der Waals surface area contributed by atoms with Crippen molar-refractivity contribution in [2.75, 3.05) is 11.8 Å². The van der Waals surface area contributed by atoms with Crippen LogP contribution in [0, 0.1) is 11.6 Å². The van der Waals surface area contributed by atoms with Gasteiger partial charge in [0.1, 0.15) is 16.5 Å². The molecule has 1 heterocycles. The minimum Gasteiger partial charge on any atom is -0.465 e. The fraction of sp³-hybridized carbons (Fsp3) is 0.0769. The zero-order chi connectivity index (χ0) is 16.3. The number of esters is 1. The number of halogens is 2. The molecule has 0 saturated heterocycles. The van der Waals surface area contributed by atoms with Gasteiger partial charge in [-0.3, -0.25) is 9.71 Å². The van der Waals surface area contributed by atoms with Crippen LogP contribution in [0.15, 0.2) is 41.6 Å². The highest BCUT2D eigenvalue weighted by atomic mass is 32.2. The Hall–Kier alpha value is -2.55. The number of pyridine rings is 1. The Kier molecular flexibility index (Phi) is 4.36. The molecule has 0 atom stereocenters. The summed E-state index contributed by atoms with van der Waals surface area (Å²) in [4.78, 5) is 14.2. The van der Waals surface area contributed by atoms with Crippen LogP contribution >= 0.6 is 0 Å². The number of nitrogens with zero attached hydrogens (tertiary/aromatic N) is 1. The van der Waals surface area contributed by atoms with Crippen LogP contribution in [0.25, 0.3) is 0 Å². The van der Waals surface area contributed by atoms with Crippen molar-refractivity contribution in [3.05, 3.63) is 53.9 Å². The molecule has 0 fully saturated rings. The Morgan fingerprint density at radius 2 is 1.95 bits per heavy atom. The first-order valence-corrected chi connectivity index (χ1v) is 7.33. The summed E-state index contributed by atoms with van der Waals surface area (Å²) in [5.41, 5.74) is -0.0889. The number of benzene rings is 1. The Bertz CT molecular complexity index is 825. The number of methoxy groups -OCH3 is 1. The fourth-order valence-corrected chi connectivity index (χ4v) is 2.74. The van der Waals surface area contributed by atoms with E-state index in [0.717, 1.165) is 25.4 Å². The summed E-state index contributed by atoms with van der Waals surface area (Å²) in [5.74, 6) is -2.72. The lowest BCUT2D eigenvalue weighted by Crippen LogP contribution is -2.15. The van der Waals surface area contributed by atoms with Gasteiger partial charge >= 0.3 is 5.97 Å². The number of hydrogen-bond acceptors (Lipinski definition) is 5. The number of sulfonamides is 1. The molecule has 0 saturated carbocycles. The minimum atomic E-state index is -4.37. The van der Waals surface area contributed by atoms with Crippen LogP contribution < -0.4 is 4.72 Å². The Balaban J connectivity index is 2.37. The molecule has 1 aromatic carbocycles. The third kappa shape index (κ3) is 3.37. The smallest absolute Gasteiger partial charge is 0.339 e. The van der Waals surface area contributed by atoms with Crippen LogP contribution in [0.2, 0.25) is 0 Å². The van der Waals surface area contributed by atoms with Gasteiger partial charge in [0.05, 0.1) is 24.6 Å². The van der Waals surface area contributed by atoms with Crippen LogP contribution in [-0.4, -0.2) is 26.5 Å². The van der Waals surface area contributed by atoms with Gasteiger partial charge in [0.2, 0.25) is 0 Å². The summed E-state index contributed by atoms with van der Waals surface area (Å²) < 4.78 is 57.3. The van der Waals surface area contributed by atoms with Crippen LogP contribution in [-0.2, 0) is 14.8 Å². The normalized spacial score (nSPS) is 11.0. The van der Waals surface area contributed by atoms with Gasteiger partial charge in [-0.1, -0.05) is 0 Å². The van der Waals surface area contributed by atoms with E-state index in [2.05, 4.69) is 9.72 Å². The number of carbonyl (C=O) groups is 1. The van der Waals surface area contributed by atoms with Crippen molar-refractivity contribution in [2.24, 2.45) is 0 Å². The third-order valence-electron chi connectivity index (χ3n) is 2.59. The molecule has 116 valence electrons. The standard InChI is InChI=1S/C13H10F2N2O4S/c1-21-13(18)8-4-10(7-16-6-8)17-22(19,20)12-5-9(14)2-3-11(12)15/h2-7,17H,1H3. The largest absolute Gasteiger partial charge is 0.465 e. The predicted octanol–water partition coefficient (Wildman–Crippen LogP) is 1.95. The summed E-state index contributed by atoms with van der Waals surface area (Å²) in [6.45, 7) is 0. The second-order valence-corrected chi connectivity index (χ2v) is 5.78. The zero-order valence-corrected chi connectivity index (χ0v) is 12.0. The average Bonchev–Trinajstić information content (AvgIpc) is 2.48. The van der Waals surface area contributed by atoms with Crippen molar-refractivity contribution >= 4 is 21.7 Å². The zero-order valence-electron chi connectivity index (χ0n) is 11.2. The Labute approximate surface area is 124 Å². The summed E-state index contributed by atoms with van der Waals surface area (Å²) in [6.07, 6.45) is 2.29. The van der Waals surface area contributed by atoms with Gasteiger partial charge in [-0.25, -0.2) is 22.0 Å². The Morgan fingerprint density at radius 3 is 2.64 bits per heavy atom. The molecule has 0 bridgehead atoms. The van der Waals surface area contributed by atoms with Crippen molar-refractivity contribution in [3.63, 3.8) is 0 Å². The van der Waals surface area contributed by atoms with Crippen molar-refractivity contribution in [1.82, 2.24) is 4.98 Å². The van der Waals surface area contributed by atoms with Crippen molar-refractivity contribution in [3.8, 4) is 0 Å². The lowest BCUT2D eigenvalue weighted by atomic mass is 10.3. The van der Waals surface area contributed by atoms with Crippen LogP contribution in [0.5, 0.6) is 0 Å². The van der Waals surface area contributed by atoms with Gasteiger partial charge < -0.3 is 4.74 Å². The summed E-state index contributed by atoms with van der Waals surface area (Å²) in [6, 6.07) is 3.21. The molecule has 0 amide bonds. The molecule has 1 N–H and O–H groups in total. The van der Waals surface area contributed by atoms with Crippen LogP contribution in [0.4, 0.5) is 14.5 Å². The lowest BCUT2D eigenvalue weighted by molar-refractivity contribution is 0.0600. The first-order chi connectivity index (χ1) is 10.3. The minimum absolute atomic E-state index is 0.00224. The highest BCUT2D eigenvalue weighted by Gasteiger charge is 2.20. The first-order valence-electron chi connectivity index (χ1n) is 5.85. The molecule has 0 spiro atoms. The van der Waals surface area contributed by atoms with E-state index in [-0.39, 0.29) is 11.3 Å². The van der Waals surface area contributed by atoms with E-state index >= 15 is 0 Å². The molecule has 1 aromatic heterocycles. The maximum atomic E-state index is 13.6. The van der Waals surface area contributed by atoms with Crippen molar-refractivity contribution in [1.29, 1.82) is 0 Å². The molecular weight excluding hydrogens is 318 g/mol. The predicted molar refractivity (Wildman–Crippen MR) is 72.7 cm³/mol. The number of anilines is 1. The number of nitrogens with one attached hydrogen (secondary N) is 1. The fourth-order valence-electron chi connectivity index (χ4n) is 1.62. The topological polar surface area (TPSA) is 85.4 Å². The van der Waals surface area contributed by atoms with Gasteiger partial charge in [0.15, 0.2) is 0 Å². The van der Waals surface area contributed by atoms with Crippen molar-refractivity contribution in [2.45, 2.75) is 4.90 Å². The maximum Gasteiger partial charge on any atom is 0.339 e. The highest BCUT2D eigenvalue weighted by Crippen LogP contribution is 2.20.